The number of nitrogens with zero attached hydrogens (tertiary/aromatic N) is 5. The second kappa shape index (κ2) is 9.31. The molecule has 210 valence electrons. The number of amides is 1. The number of fused-ring (bicyclic) bond motifs is 1. The van der Waals surface area contributed by atoms with Crippen molar-refractivity contribution in [3.63, 3.8) is 0 Å². The third-order valence-corrected chi connectivity index (χ3v) is 10.2. The van der Waals surface area contributed by atoms with Crippen molar-refractivity contribution in [2.45, 2.75) is 95.7 Å². The SMILES string of the molecule is C[C@@H]1COCCN1c1nc2nc(C(=[NH2+])OC(N)=O)nc(NC3(C4CCC4)CC3)c2n1CC1CCC2(CC1)CC2. The number of nitrogens with two attached hydrogens (primary N) is 2. The minimum Gasteiger partial charge on any atom is -0.377 e. The molecule has 1 aliphatic heterocycles. The maximum Gasteiger partial charge on any atom is 0.414 e. The van der Waals surface area contributed by atoms with Gasteiger partial charge in [0.2, 0.25) is 5.95 Å². The Hall–Kier alpha value is -2.95. The molecule has 0 unspecified atom stereocenters. The van der Waals surface area contributed by atoms with E-state index in [9.17, 15) is 4.79 Å². The quantitative estimate of drug-likeness (QED) is 0.360. The van der Waals surface area contributed by atoms with E-state index in [1.54, 1.807) is 0 Å². The van der Waals surface area contributed by atoms with Crippen molar-refractivity contribution in [3.05, 3.63) is 5.82 Å². The number of aromatic nitrogens is 4. The summed E-state index contributed by atoms with van der Waals surface area (Å²) in [4.78, 5) is 28.5. The predicted molar refractivity (Wildman–Crippen MR) is 146 cm³/mol. The topological polar surface area (TPSA) is 146 Å². The van der Waals surface area contributed by atoms with Gasteiger partial charge in [-0.3, -0.25) is 0 Å². The number of rotatable bonds is 7. The van der Waals surface area contributed by atoms with E-state index in [0.29, 0.717) is 36.1 Å². The fraction of sp³-hybridized carbons (Fsp3) is 0.750. The van der Waals surface area contributed by atoms with Crippen LogP contribution in [-0.4, -0.2) is 62.8 Å². The predicted octanol–water partition coefficient (Wildman–Crippen LogP) is 2.37. The van der Waals surface area contributed by atoms with Gasteiger partial charge in [0.05, 0.1) is 19.3 Å². The lowest BCUT2D eigenvalue weighted by molar-refractivity contribution is -0.132. The molecule has 1 amide bonds. The first-order valence-corrected chi connectivity index (χ1v) is 14.9. The van der Waals surface area contributed by atoms with E-state index >= 15 is 0 Å². The molecule has 0 aromatic carbocycles. The standard InChI is InChI=1S/C28H40N8O3/c1-17-16-38-14-13-35(17)26-33-22-20(36(26)15-18-5-7-27(8-6-18)9-10-27)23(32-24(31-22)21(29)39-25(30)37)34-28(11-12-28)19-3-2-4-19/h17-19,29H,2-16H2,1H3,(H2,30,37)(H,31,32,34)/p+1/t17-/m1/s1. The number of nitrogens with one attached hydrogen (secondary N) is 1. The average Bonchev–Trinajstić information content (AvgIpc) is 3.78. The summed E-state index contributed by atoms with van der Waals surface area (Å²) in [6.45, 7) is 5.16. The van der Waals surface area contributed by atoms with E-state index in [4.69, 9.17) is 35.6 Å². The number of primary amides is 1. The molecule has 7 rings (SSSR count). The zero-order valence-corrected chi connectivity index (χ0v) is 23.0. The van der Waals surface area contributed by atoms with Crippen LogP contribution < -0.4 is 21.4 Å². The van der Waals surface area contributed by atoms with Gasteiger partial charge in [0.1, 0.15) is 5.52 Å². The van der Waals surface area contributed by atoms with Gasteiger partial charge in [-0.15, -0.1) is 0 Å². The van der Waals surface area contributed by atoms with Crippen LogP contribution in [0, 0.1) is 17.3 Å². The van der Waals surface area contributed by atoms with Crippen molar-refractivity contribution in [1.82, 2.24) is 19.5 Å². The van der Waals surface area contributed by atoms with E-state index in [1.807, 2.05) is 0 Å². The van der Waals surface area contributed by atoms with Crippen LogP contribution >= 0.6 is 0 Å². The van der Waals surface area contributed by atoms with Gasteiger partial charge < -0.3 is 30.0 Å². The first-order chi connectivity index (χ1) is 18.8. The summed E-state index contributed by atoms with van der Waals surface area (Å²) in [5, 5.41) is 9.96. The highest BCUT2D eigenvalue weighted by Crippen LogP contribution is 2.57. The normalized spacial score (nSPS) is 25.9. The Bertz CT molecular complexity index is 1290. The molecular weight excluding hydrogens is 496 g/mol. The molecule has 3 heterocycles. The average molecular weight is 538 g/mol. The van der Waals surface area contributed by atoms with E-state index in [2.05, 4.69) is 21.7 Å². The lowest BCUT2D eigenvalue weighted by Gasteiger charge is -2.36. The molecule has 1 spiro atoms. The zero-order valence-electron chi connectivity index (χ0n) is 23.0. The summed E-state index contributed by atoms with van der Waals surface area (Å²) in [7, 11) is 0. The van der Waals surface area contributed by atoms with E-state index < -0.39 is 6.09 Å². The number of imidazole rings is 1. The number of morpholine rings is 1. The van der Waals surface area contributed by atoms with Crippen molar-refractivity contribution >= 4 is 34.9 Å². The van der Waals surface area contributed by atoms with E-state index in [1.165, 1.54) is 57.8 Å². The van der Waals surface area contributed by atoms with Gasteiger partial charge in [0.15, 0.2) is 11.5 Å². The summed E-state index contributed by atoms with van der Waals surface area (Å²) in [5.74, 6) is 2.80. The highest BCUT2D eigenvalue weighted by Gasteiger charge is 2.52. The molecule has 0 bridgehead atoms. The molecule has 5 N–H and O–H groups in total. The second-order valence-corrected chi connectivity index (χ2v) is 12.8. The Kier molecular flexibility index (Phi) is 5.98. The molecule has 39 heavy (non-hydrogen) atoms. The van der Waals surface area contributed by atoms with Gasteiger partial charge in [0, 0.05) is 18.6 Å². The Morgan fingerprint density at radius 2 is 1.90 bits per heavy atom. The lowest BCUT2D eigenvalue weighted by atomic mass is 9.78. The van der Waals surface area contributed by atoms with Gasteiger partial charge in [0.25, 0.3) is 5.82 Å². The van der Waals surface area contributed by atoms with Gasteiger partial charge in [-0.1, -0.05) is 6.42 Å². The van der Waals surface area contributed by atoms with E-state index in [-0.39, 0.29) is 23.3 Å². The molecule has 0 radical (unpaired) electrons. The first-order valence-electron chi connectivity index (χ1n) is 14.9. The van der Waals surface area contributed by atoms with Gasteiger partial charge in [-0.05, 0) is 88.4 Å². The maximum atomic E-state index is 11.5. The molecular formula is C28H41N8O3+. The number of hydrogen-bond donors (Lipinski definition) is 3. The van der Waals surface area contributed by atoms with Crippen LogP contribution in [0.1, 0.15) is 83.4 Å². The molecule has 1 saturated heterocycles. The molecule has 5 fully saturated rings. The van der Waals surface area contributed by atoms with Crippen LogP contribution in [0.25, 0.3) is 11.2 Å². The van der Waals surface area contributed by atoms with Crippen LogP contribution in [0.3, 0.4) is 0 Å². The number of anilines is 2. The second-order valence-electron chi connectivity index (χ2n) is 12.8. The van der Waals surface area contributed by atoms with Crippen LogP contribution in [0.4, 0.5) is 16.6 Å². The summed E-state index contributed by atoms with van der Waals surface area (Å²) < 4.78 is 13.1. The number of carbonyl (C=O) groups is 1. The molecule has 11 nitrogen and oxygen atoms in total. The van der Waals surface area contributed by atoms with Gasteiger partial charge in [-0.2, -0.15) is 15.0 Å². The molecule has 4 saturated carbocycles. The Morgan fingerprint density at radius 3 is 2.51 bits per heavy atom. The molecule has 2 aromatic heterocycles. The van der Waals surface area contributed by atoms with E-state index in [0.717, 1.165) is 43.2 Å². The number of ether oxygens (including phenoxy) is 2. The van der Waals surface area contributed by atoms with Gasteiger partial charge in [-0.25, -0.2) is 10.2 Å². The Labute approximate surface area is 228 Å². The summed E-state index contributed by atoms with van der Waals surface area (Å²) in [5.41, 5.74) is 7.43. The van der Waals surface area contributed by atoms with Crippen molar-refractivity contribution in [1.29, 1.82) is 0 Å². The largest absolute Gasteiger partial charge is 0.414 e. The summed E-state index contributed by atoms with van der Waals surface area (Å²) >= 11 is 0. The summed E-state index contributed by atoms with van der Waals surface area (Å²) in [6.07, 6.45) is 13.0. The Balaban J connectivity index is 1.32. The van der Waals surface area contributed by atoms with Crippen LogP contribution in [0.5, 0.6) is 0 Å². The van der Waals surface area contributed by atoms with Crippen molar-refractivity contribution < 1.29 is 19.7 Å². The van der Waals surface area contributed by atoms with Crippen LogP contribution in [0.2, 0.25) is 0 Å². The van der Waals surface area contributed by atoms with Crippen molar-refractivity contribution in [2.24, 2.45) is 23.0 Å². The minimum atomic E-state index is -0.988. The monoisotopic (exact) mass is 537 g/mol. The third kappa shape index (κ3) is 4.62. The zero-order chi connectivity index (χ0) is 26.8. The first kappa shape index (κ1) is 25.0. The highest BCUT2D eigenvalue weighted by molar-refractivity contribution is 5.96. The van der Waals surface area contributed by atoms with Crippen molar-refractivity contribution in [2.75, 3.05) is 30.0 Å². The highest BCUT2D eigenvalue weighted by atomic mass is 16.6. The maximum absolute atomic E-state index is 11.5. The van der Waals surface area contributed by atoms with Gasteiger partial charge >= 0.3 is 12.0 Å². The fourth-order valence-electron chi connectivity index (χ4n) is 7.17. The van der Waals surface area contributed by atoms with Crippen LogP contribution in [0.15, 0.2) is 0 Å². The molecule has 4 aliphatic carbocycles. The summed E-state index contributed by atoms with van der Waals surface area (Å²) in [6, 6.07) is 0.193. The minimum absolute atomic E-state index is 0.0564. The Morgan fingerprint density at radius 1 is 1.13 bits per heavy atom. The molecule has 5 aliphatic rings. The number of hydrogen-bond acceptors (Lipinski definition) is 8. The molecule has 11 heteroatoms. The molecule has 1 atom stereocenters. The van der Waals surface area contributed by atoms with Crippen molar-refractivity contribution in [3.8, 4) is 0 Å². The molecule has 2 aromatic rings. The lowest BCUT2D eigenvalue weighted by Crippen LogP contribution is -2.45. The number of carbonyl (C=O) groups excluding carboxylic acids is 1. The smallest absolute Gasteiger partial charge is 0.377 e. The third-order valence-electron chi connectivity index (χ3n) is 10.2. The fourth-order valence-corrected chi connectivity index (χ4v) is 7.17. The van der Waals surface area contributed by atoms with Crippen LogP contribution in [-0.2, 0) is 16.0 Å².